The first-order valence-corrected chi connectivity index (χ1v) is 6.23. The number of alkyl halides is 2. The summed E-state index contributed by atoms with van der Waals surface area (Å²) in [6.07, 6.45) is -1.10. The topological polar surface area (TPSA) is 52.3 Å². The van der Waals surface area contributed by atoms with E-state index in [1.807, 2.05) is 0 Å². The van der Waals surface area contributed by atoms with Crippen LogP contribution < -0.4 is 0 Å². The van der Waals surface area contributed by atoms with E-state index in [1.54, 1.807) is 18.2 Å². The van der Waals surface area contributed by atoms with E-state index in [1.165, 1.54) is 0 Å². The van der Waals surface area contributed by atoms with Crippen LogP contribution in [0, 0.1) is 0 Å². The van der Waals surface area contributed by atoms with Gasteiger partial charge in [0.05, 0.1) is 13.5 Å². The van der Waals surface area contributed by atoms with Gasteiger partial charge in [-0.15, -0.1) is 0 Å². The van der Waals surface area contributed by atoms with Gasteiger partial charge in [0.2, 0.25) is 0 Å². The van der Waals surface area contributed by atoms with Crippen molar-refractivity contribution in [1.29, 1.82) is 0 Å². The van der Waals surface area contributed by atoms with Crippen molar-refractivity contribution in [3.63, 3.8) is 0 Å². The number of fused-ring (bicyclic) bond motifs is 1. The van der Waals surface area contributed by atoms with Crippen molar-refractivity contribution in [2.45, 2.75) is 18.8 Å². The Morgan fingerprint density at radius 1 is 1.53 bits per heavy atom. The quantitative estimate of drug-likeness (QED) is 0.801. The molecule has 0 saturated heterocycles. The first kappa shape index (κ1) is 13.9. The van der Waals surface area contributed by atoms with E-state index in [0.29, 0.717) is 5.52 Å². The lowest BCUT2D eigenvalue weighted by atomic mass is 10.2. The molecule has 0 amide bonds. The summed E-state index contributed by atoms with van der Waals surface area (Å²) >= 11 is 3.22. The van der Waals surface area contributed by atoms with Crippen LogP contribution in [0.5, 0.6) is 0 Å². The molecule has 0 aliphatic rings. The predicted octanol–water partition coefficient (Wildman–Crippen LogP) is 3.64. The number of halogens is 3. The SMILES string of the molecule is COC(=O)CCC(F)(F)c1nc2cc(Br)ccc2o1. The normalized spacial score (nSPS) is 11.8. The molecule has 1 aromatic heterocycles. The summed E-state index contributed by atoms with van der Waals surface area (Å²) in [5.74, 6) is -4.69. The molecule has 1 heterocycles. The Morgan fingerprint density at radius 3 is 2.95 bits per heavy atom. The third-order valence-electron chi connectivity index (χ3n) is 2.53. The Labute approximate surface area is 115 Å². The van der Waals surface area contributed by atoms with E-state index in [-0.39, 0.29) is 5.58 Å². The van der Waals surface area contributed by atoms with Crippen LogP contribution in [-0.4, -0.2) is 18.1 Å². The Balaban J connectivity index is 2.24. The number of rotatable bonds is 4. The molecule has 0 aliphatic heterocycles. The Bertz CT molecular complexity index is 612. The number of esters is 1. The molecule has 0 unspecified atom stereocenters. The number of carbonyl (C=O) groups excluding carboxylic acids is 1. The van der Waals surface area contributed by atoms with Crippen molar-refractivity contribution >= 4 is 33.0 Å². The van der Waals surface area contributed by atoms with E-state index >= 15 is 0 Å². The van der Waals surface area contributed by atoms with Gasteiger partial charge in [-0.05, 0) is 18.2 Å². The maximum Gasteiger partial charge on any atom is 0.322 e. The molecule has 4 nitrogen and oxygen atoms in total. The number of aromatic nitrogens is 1. The molecule has 0 radical (unpaired) electrons. The lowest BCUT2D eigenvalue weighted by Gasteiger charge is -2.10. The minimum atomic E-state index is -3.31. The van der Waals surface area contributed by atoms with Gasteiger partial charge in [0.1, 0.15) is 5.52 Å². The molecule has 1 aromatic carbocycles. The summed E-state index contributed by atoms with van der Waals surface area (Å²) in [4.78, 5) is 14.6. The number of oxazole rings is 1. The van der Waals surface area contributed by atoms with Crippen LogP contribution in [-0.2, 0) is 15.5 Å². The van der Waals surface area contributed by atoms with Crippen molar-refractivity contribution < 1.29 is 22.7 Å². The number of hydrogen-bond acceptors (Lipinski definition) is 4. The molecule has 2 aromatic rings. The summed E-state index contributed by atoms with van der Waals surface area (Å²) in [5, 5.41) is 0. The lowest BCUT2D eigenvalue weighted by molar-refractivity contribution is -0.143. The summed E-state index contributed by atoms with van der Waals surface area (Å²) in [6, 6.07) is 4.80. The number of methoxy groups -OCH3 is 1. The van der Waals surface area contributed by atoms with Crippen molar-refractivity contribution in [3.05, 3.63) is 28.6 Å². The zero-order chi connectivity index (χ0) is 14.0. The number of carbonyl (C=O) groups is 1. The van der Waals surface area contributed by atoms with Crippen LogP contribution in [0.2, 0.25) is 0 Å². The molecular formula is C12H10BrF2NO3. The Kier molecular flexibility index (Phi) is 3.84. The first-order chi connectivity index (χ1) is 8.92. The standard InChI is InChI=1S/C12H10BrF2NO3/c1-18-10(17)4-5-12(14,15)11-16-8-6-7(13)2-3-9(8)19-11/h2-3,6H,4-5H2,1H3. The van der Waals surface area contributed by atoms with Gasteiger partial charge in [0, 0.05) is 10.9 Å². The molecule has 0 fully saturated rings. The molecule has 0 saturated carbocycles. The van der Waals surface area contributed by atoms with E-state index in [9.17, 15) is 13.6 Å². The van der Waals surface area contributed by atoms with Crippen molar-refractivity contribution in [2.75, 3.05) is 7.11 Å². The largest absolute Gasteiger partial charge is 0.469 e. The highest BCUT2D eigenvalue weighted by atomic mass is 79.9. The molecule has 19 heavy (non-hydrogen) atoms. The number of benzene rings is 1. The second-order valence-electron chi connectivity index (χ2n) is 3.91. The van der Waals surface area contributed by atoms with Crippen LogP contribution >= 0.6 is 15.9 Å². The summed E-state index contributed by atoms with van der Waals surface area (Å²) in [6.45, 7) is 0. The fourth-order valence-electron chi connectivity index (χ4n) is 1.53. The van der Waals surface area contributed by atoms with Crippen molar-refractivity contribution in [3.8, 4) is 0 Å². The van der Waals surface area contributed by atoms with Gasteiger partial charge in [0.25, 0.3) is 5.89 Å². The summed E-state index contributed by atoms with van der Waals surface area (Å²) in [7, 11) is 1.15. The van der Waals surface area contributed by atoms with E-state index in [0.717, 1.165) is 11.6 Å². The maximum atomic E-state index is 13.8. The molecule has 2 rings (SSSR count). The first-order valence-electron chi connectivity index (χ1n) is 5.43. The van der Waals surface area contributed by atoms with Crippen LogP contribution in [0.4, 0.5) is 8.78 Å². The van der Waals surface area contributed by atoms with Gasteiger partial charge in [0.15, 0.2) is 5.58 Å². The minimum Gasteiger partial charge on any atom is -0.469 e. The van der Waals surface area contributed by atoms with Gasteiger partial charge >= 0.3 is 11.9 Å². The van der Waals surface area contributed by atoms with Crippen molar-refractivity contribution in [1.82, 2.24) is 4.98 Å². The van der Waals surface area contributed by atoms with Crippen LogP contribution in [0.15, 0.2) is 27.1 Å². The molecule has 0 N–H and O–H groups in total. The summed E-state index contributed by atoms with van der Waals surface area (Å²) in [5.41, 5.74) is 0.609. The number of hydrogen-bond donors (Lipinski definition) is 0. The van der Waals surface area contributed by atoms with Crippen LogP contribution in [0.3, 0.4) is 0 Å². The highest BCUT2D eigenvalue weighted by Crippen LogP contribution is 2.34. The van der Waals surface area contributed by atoms with Crippen LogP contribution in [0.1, 0.15) is 18.7 Å². The lowest BCUT2D eigenvalue weighted by Crippen LogP contribution is -2.16. The average molecular weight is 334 g/mol. The van der Waals surface area contributed by atoms with E-state index in [2.05, 4.69) is 25.7 Å². The average Bonchev–Trinajstić information content (AvgIpc) is 2.79. The molecule has 0 spiro atoms. The fourth-order valence-corrected chi connectivity index (χ4v) is 1.87. The molecular weight excluding hydrogens is 324 g/mol. The maximum absolute atomic E-state index is 13.8. The minimum absolute atomic E-state index is 0.274. The second kappa shape index (κ2) is 5.24. The van der Waals surface area contributed by atoms with Crippen molar-refractivity contribution in [2.24, 2.45) is 0 Å². The van der Waals surface area contributed by atoms with E-state index < -0.39 is 30.6 Å². The van der Waals surface area contributed by atoms with Gasteiger partial charge < -0.3 is 9.15 Å². The Morgan fingerprint density at radius 2 is 2.26 bits per heavy atom. The predicted molar refractivity (Wildman–Crippen MR) is 66.9 cm³/mol. The third-order valence-corrected chi connectivity index (χ3v) is 3.03. The van der Waals surface area contributed by atoms with Gasteiger partial charge in [-0.1, -0.05) is 15.9 Å². The number of ether oxygens (including phenoxy) is 1. The van der Waals surface area contributed by atoms with Gasteiger partial charge in [-0.25, -0.2) is 4.98 Å². The molecule has 7 heteroatoms. The molecule has 102 valence electrons. The molecule has 0 bridgehead atoms. The highest BCUT2D eigenvalue weighted by Gasteiger charge is 2.38. The molecule has 0 aliphatic carbocycles. The smallest absolute Gasteiger partial charge is 0.322 e. The molecule has 0 atom stereocenters. The monoisotopic (exact) mass is 333 g/mol. The zero-order valence-electron chi connectivity index (χ0n) is 9.95. The van der Waals surface area contributed by atoms with E-state index in [4.69, 9.17) is 4.42 Å². The third kappa shape index (κ3) is 3.09. The highest BCUT2D eigenvalue weighted by molar-refractivity contribution is 9.10. The summed E-state index contributed by atoms with van der Waals surface area (Å²) < 4.78 is 37.7. The Hall–Kier alpha value is -1.50. The van der Waals surface area contributed by atoms with Gasteiger partial charge in [-0.3, -0.25) is 4.79 Å². The second-order valence-corrected chi connectivity index (χ2v) is 4.83. The van der Waals surface area contributed by atoms with Gasteiger partial charge in [-0.2, -0.15) is 8.78 Å². The van der Waals surface area contributed by atoms with Crippen LogP contribution in [0.25, 0.3) is 11.1 Å². The fraction of sp³-hybridized carbons (Fsp3) is 0.333. The number of nitrogens with zero attached hydrogens (tertiary/aromatic N) is 1. The zero-order valence-corrected chi connectivity index (χ0v) is 11.5.